The van der Waals surface area contributed by atoms with E-state index < -0.39 is 11.7 Å². The Labute approximate surface area is 160 Å². The molecule has 28 heavy (non-hydrogen) atoms. The summed E-state index contributed by atoms with van der Waals surface area (Å²) in [4.78, 5) is 0. The number of hydrogen-bond acceptors (Lipinski definition) is 3. The summed E-state index contributed by atoms with van der Waals surface area (Å²) < 4.78 is 47.7. The normalized spacial score (nSPS) is 14.1. The number of anilines is 1. The maximum atomic E-state index is 13.6. The maximum absolute atomic E-state index is 13.6. The van der Waals surface area contributed by atoms with E-state index in [9.17, 15) is 13.2 Å². The Morgan fingerprint density at radius 2 is 1.79 bits per heavy atom. The molecule has 0 saturated carbocycles. The van der Waals surface area contributed by atoms with Gasteiger partial charge in [0.05, 0.1) is 18.4 Å². The lowest BCUT2D eigenvalue weighted by Gasteiger charge is -2.15. The van der Waals surface area contributed by atoms with E-state index in [1.807, 2.05) is 24.3 Å². The van der Waals surface area contributed by atoms with Crippen LogP contribution in [0, 0.1) is 0 Å². The number of alkyl halides is 3. The molecule has 0 bridgehead atoms. The molecule has 7 heteroatoms. The Hall–Kier alpha value is -2.96. The number of halogens is 3. The topological polar surface area (TPSA) is 39.1 Å². The third kappa shape index (κ3) is 3.21. The number of nitrogens with zero attached hydrogens (tertiary/aromatic N) is 2. The zero-order valence-electron chi connectivity index (χ0n) is 15.4. The van der Waals surface area contributed by atoms with Crippen LogP contribution in [0.3, 0.4) is 0 Å². The number of fused-ring (bicyclic) bond motifs is 1. The summed E-state index contributed by atoms with van der Waals surface area (Å²) in [5, 5.41) is 7.92. The molecule has 0 atom stereocenters. The number of methoxy groups -OCH3 is 1. The molecule has 2 aromatic carbocycles. The van der Waals surface area contributed by atoms with Crippen molar-refractivity contribution in [1.82, 2.24) is 9.78 Å². The lowest BCUT2D eigenvalue weighted by molar-refractivity contribution is -0.137. The predicted molar refractivity (Wildman–Crippen MR) is 102 cm³/mol. The van der Waals surface area contributed by atoms with Gasteiger partial charge >= 0.3 is 6.18 Å². The molecule has 0 fully saturated rings. The number of rotatable bonds is 3. The van der Waals surface area contributed by atoms with Crippen LogP contribution in [-0.4, -0.2) is 23.4 Å². The van der Waals surface area contributed by atoms with Gasteiger partial charge in [0, 0.05) is 17.7 Å². The first kappa shape index (κ1) is 18.4. The quantitative estimate of drug-likeness (QED) is 0.662. The Kier molecular flexibility index (Phi) is 4.75. The zero-order chi connectivity index (χ0) is 19.7. The van der Waals surface area contributed by atoms with Gasteiger partial charge in [0.15, 0.2) is 0 Å². The van der Waals surface area contributed by atoms with E-state index in [-0.39, 0.29) is 5.69 Å². The van der Waals surface area contributed by atoms with Crippen molar-refractivity contribution in [3.05, 3.63) is 59.7 Å². The van der Waals surface area contributed by atoms with Crippen LogP contribution in [0.2, 0.25) is 0 Å². The molecule has 3 aromatic rings. The molecule has 146 valence electrons. The lowest BCUT2D eigenvalue weighted by Crippen LogP contribution is -2.14. The highest BCUT2D eigenvalue weighted by Crippen LogP contribution is 2.40. The number of benzene rings is 2. The SMILES string of the molecule is COc1ccccc1-c1nn(-c2ccccc2C(F)(F)F)c2c1CCCCN2. The van der Waals surface area contributed by atoms with E-state index in [4.69, 9.17) is 4.74 Å². The highest BCUT2D eigenvalue weighted by molar-refractivity contribution is 5.75. The van der Waals surface area contributed by atoms with Gasteiger partial charge in [0.2, 0.25) is 0 Å². The standard InChI is InChI=1S/C21H20F3N3O/c1-28-18-12-5-2-8-14(18)19-15-9-6-7-13-25-20(15)27(26-19)17-11-4-3-10-16(17)21(22,23)24/h2-5,8,10-12,25H,6-7,9,13H2,1H3. The number of para-hydroxylation sites is 2. The van der Waals surface area contributed by atoms with Crippen molar-refractivity contribution >= 4 is 5.82 Å². The third-order valence-corrected chi connectivity index (χ3v) is 4.93. The largest absolute Gasteiger partial charge is 0.496 e. The van der Waals surface area contributed by atoms with Gasteiger partial charge in [0.1, 0.15) is 17.3 Å². The van der Waals surface area contributed by atoms with E-state index in [0.29, 0.717) is 23.8 Å². The minimum atomic E-state index is -4.47. The summed E-state index contributed by atoms with van der Waals surface area (Å²) in [6.45, 7) is 0.693. The molecule has 0 amide bonds. The van der Waals surface area contributed by atoms with Gasteiger partial charge in [-0.15, -0.1) is 0 Å². The Morgan fingerprint density at radius 1 is 1.04 bits per heavy atom. The molecule has 1 aromatic heterocycles. The van der Waals surface area contributed by atoms with E-state index in [1.165, 1.54) is 16.8 Å². The molecular weight excluding hydrogens is 367 g/mol. The van der Waals surface area contributed by atoms with Crippen LogP contribution in [0.4, 0.5) is 19.0 Å². The Bertz CT molecular complexity index is 995. The van der Waals surface area contributed by atoms with E-state index in [2.05, 4.69) is 10.4 Å². The Balaban J connectivity index is 1.97. The summed E-state index contributed by atoms with van der Waals surface area (Å²) in [5.41, 5.74) is 1.64. The smallest absolute Gasteiger partial charge is 0.418 e. The van der Waals surface area contributed by atoms with Crippen LogP contribution in [0.5, 0.6) is 5.75 Å². The van der Waals surface area contributed by atoms with Crippen LogP contribution < -0.4 is 10.1 Å². The van der Waals surface area contributed by atoms with Crippen molar-refractivity contribution in [1.29, 1.82) is 0 Å². The number of aromatic nitrogens is 2. The average molecular weight is 387 g/mol. The molecule has 4 nitrogen and oxygen atoms in total. The molecule has 0 spiro atoms. The first-order chi connectivity index (χ1) is 13.5. The molecule has 0 unspecified atom stereocenters. The molecule has 1 aliphatic rings. The monoisotopic (exact) mass is 387 g/mol. The molecule has 4 rings (SSSR count). The summed E-state index contributed by atoms with van der Waals surface area (Å²) in [7, 11) is 1.58. The number of hydrogen-bond donors (Lipinski definition) is 1. The molecule has 0 aliphatic carbocycles. The van der Waals surface area contributed by atoms with Crippen LogP contribution >= 0.6 is 0 Å². The maximum Gasteiger partial charge on any atom is 0.418 e. The van der Waals surface area contributed by atoms with Crippen molar-refractivity contribution in [3.8, 4) is 22.7 Å². The predicted octanol–water partition coefficient (Wildman–Crippen LogP) is 5.31. The summed E-state index contributed by atoms with van der Waals surface area (Å²) in [6.07, 6.45) is -1.84. The fourth-order valence-electron chi connectivity index (χ4n) is 3.63. The summed E-state index contributed by atoms with van der Waals surface area (Å²) >= 11 is 0. The van der Waals surface area contributed by atoms with Crippen molar-refractivity contribution in [3.63, 3.8) is 0 Å². The fourth-order valence-corrected chi connectivity index (χ4v) is 3.63. The van der Waals surface area contributed by atoms with Gasteiger partial charge in [-0.2, -0.15) is 18.3 Å². The number of nitrogens with one attached hydrogen (secondary N) is 1. The second-order valence-corrected chi connectivity index (χ2v) is 6.69. The average Bonchev–Trinajstić information content (AvgIpc) is 2.87. The van der Waals surface area contributed by atoms with Crippen LogP contribution in [-0.2, 0) is 12.6 Å². The second-order valence-electron chi connectivity index (χ2n) is 6.69. The van der Waals surface area contributed by atoms with Crippen molar-refractivity contribution < 1.29 is 17.9 Å². The van der Waals surface area contributed by atoms with E-state index in [1.54, 1.807) is 13.2 Å². The van der Waals surface area contributed by atoms with Gasteiger partial charge in [-0.25, -0.2) is 4.68 Å². The summed E-state index contributed by atoms with van der Waals surface area (Å²) in [5.74, 6) is 1.26. The van der Waals surface area contributed by atoms with Gasteiger partial charge in [-0.3, -0.25) is 0 Å². The molecule has 1 aliphatic heterocycles. The first-order valence-corrected chi connectivity index (χ1v) is 9.16. The zero-order valence-corrected chi connectivity index (χ0v) is 15.4. The highest BCUT2D eigenvalue weighted by atomic mass is 19.4. The van der Waals surface area contributed by atoms with Crippen LogP contribution in [0.15, 0.2) is 48.5 Å². The molecular formula is C21H20F3N3O. The van der Waals surface area contributed by atoms with E-state index in [0.717, 1.165) is 36.5 Å². The van der Waals surface area contributed by atoms with Crippen molar-refractivity contribution in [2.24, 2.45) is 0 Å². The Morgan fingerprint density at radius 3 is 2.57 bits per heavy atom. The van der Waals surface area contributed by atoms with E-state index >= 15 is 0 Å². The lowest BCUT2D eigenvalue weighted by atomic mass is 10.0. The molecule has 2 heterocycles. The van der Waals surface area contributed by atoms with Gasteiger partial charge in [0.25, 0.3) is 0 Å². The van der Waals surface area contributed by atoms with Crippen molar-refractivity contribution in [2.75, 3.05) is 19.0 Å². The van der Waals surface area contributed by atoms with Gasteiger partial charge < -0.3 is 10.1 Å². The highest BCUT2D eigenvalue weighted by Gasteiger charge is 2.35. The minimum absolute atomic E-state index is 0.0156. The molecule has 1 N–H and O–H groups in total. The first-order valence-electron chi connectivity index (χ1n) is 9.16. The fraction of sp³-hybridized carbons (Fsp3) is 0.286. The molecule has 0 saturated heterocycles. The number of ether oxygens (including phenoxy) is 1. The van der Waals surface area contributed by atoms with Gasteiger partial charge in [-0.05, 0) is 43.5 Å². The third-order valence-electron chi connectivity index (χ3n) is 4.93. The summed E-state index contributed by atoms with van der Waals surface area (Å²) in [6, 6.07) is 13.0. The van der Waals surface area contributed by atoms with Gasteiger partial charge in [-0.1, -0.05) is 24.3 Å². The second kappa shape index (κ2) is 7.22. The van der Waals surface area contributed by atoms with Crippen LogP contribution in [0.25, 0.3) is 16.9 Å². The van der Waals surface area contributed by atoms with Crippen molar-refractivity contribution in [2.45, 2.75) is 25.4 Å². The molecule has 0 radical (unpaired) electrons. The van der Waals surface area contributed by atoms with Crippen LogP contribution in [0.1, 0.15) is 24.0 Å². The minimum Gasteiger partial charge on any atom is -0.496 e.